The van der Waals surface area contributed by atoms with Crippen molar-refractivity contribution in [3.63, 3.8) is 0 Å². The second kappa shape index (κ2) is 3.47. The first kappa shape index (κ1) is 9.86. The first-order valence-corrected chi connectivity index (χ1v) is 4.56. The van der Waals surface area contributed by atoms with Crippen molar-refractivity contribution in [1.82, 2.24) is 0 Å². The second-order valence-electron chi connectivity index (χ2n) is 3.02. The molecule has 0 spiro atoms. The molecule has 5 heteroatoms. The molecule has 1 aromatic heterocycles. The summed E-state index contributed by atoms with van der Waals surface area (Å²) in [4.78, 5) is 11.3. The Morgan fingerprint density at radius 1 is 1.47 bits per heavy atom. The Balaban J connectivity index is 2.66. The van der Waals surface area contributed by atoms with Gasteiger partial charge < -0.3 is 14.9 Å². The quantitative estimate of drug-likeness (QED) is 0.598. The molecule has 2 N–H and O–H groups in total. The van der Waals surface area contributed by atoms with Crippen molar-refractivity contribution >= 4 is 34.2 Å². The van der Waals surface area contributed by atoms with Crippen LogP contribution in [0.3, 0.4) is 0 Å². The van der Waals surface area contributed by atoms with Crippen molar-refractivity contribution < 1.29 is 13.9 Å². The van der Waals surface area contributed by atoms with Gasteiger partial charge in [0.2, 0.25) is 0 Å². The van der Waals surface area contributed by atoms with Gasteiger partial charge in [-0.15, -0.1) is 0 Å². The zero-order chi connectivity index (χ0) is 11.0. The van der Waals surface area contributed by atoms with Gasteiger partial charge in [0.1, 0.15) is 5.58 Å². The first-order chi connectivity index (χ1) is 7.11. The number of nitrogens with two attached hydrogens (primary N) is 1. The van der Waals surface area contributed by atoms with E-state index < -0.39 is 5.97 Å². The van der Waals surface area contributed by atoms with Crippen molar-refractivity contribution in [2.45, 2.75) is 0 Å². The number of esters is 1. The molecular formula is C10H8ClNO3. The molecule has 0 saturated carbocycles. The number of hydrogen-bond acceptors (Lipinski definition) is 4. The molecule has 0 aliphatic rings. The van der Waals surface area contributed by atoms with Crippen LogP contribution in [0.4, 0.5) is 5.69 Å². The van der Waals surface area contributed by atoms with E-state index in [0.717, 1.165) is 0 Å². The lowest BCUT2D eigenvalue weighted by molar-refractivity contribution is 0.0601. The number of nitrogen functional groups attached to an aromatic ring is 1. The van der Waals surface area contributed by atoms with E-state index in [1.807, 2.05) is 0 Å². The van der Waals surface area contributed by atoms with Gasteiger partial charge in [0.15, 0.2) is 5.22 Å². The fourth-order valence-electron chi connectivity index (χ4n) is 1.37. The number of fused-ring (bicyclic) bond motifs is 1. The van der Waals surface area contributed by atoms with Crippen LogP contribution in [0, 0.1) is 0 Å². The molecule has 0 saturated heterocycles. The topological polar surface area (TPSA) is 65.5 Å². The van der Waals surface area contributed by atoms with Crippen LogP contribution in [0.1, 0.15) is 10.4 Å². The molecule has 1 heterocycles. The molecule has 78 valence electrons. The molecule has 1 aromatic carbocycles. The van der Waals surface area contributed by atoms with Crippen molar-refractivity contribution in [2.24, 2.45) is 0 Å². The van der Waals surface area contributed by atoms with Crippen LogP contribution < -0.4 is 5.73 Å². The zero-order valence-electron chi connectivity index (χ0n) is 7.91. The zero-order valence-corrected chi connectivity index (χ0v) is 8.67. The van der Waals surface area contributed by atoms with E-state index in [1.165, 1.54) is 13.2 Å². The lowest BCUT2D eigenvalue weighted by atomic mass is 10.1. The Morgan fingerprint density at radius 3 is 2.87 bits per heavy atom. The lowest BCUT2D eigenvalue weighted by Crippen LogP contribution is -2.01. The molecule has 4 nitrogen and oxygen atoms in total. The normalized spacial score (nSPS) is 10.5. The Hall–Kier alpha value is -1.68. The van der Waals surface area contributed by atoms with Gasteiger partial charge in [0, 0.05) is 17.1 Å². The summed E-state index contributed by atoms with van der Waals surface area (Å²) in [5.41, 5.74) is 6.98. The van der Waals surface area contributed by atoms with Crippen LogP contribution in [0.5, 0.6) is 0 Å². The standard InChI is InChI=1S/C10H8ClNO3/c1-14-10(13)5-2-7(12)6-4-9(11)15-8(6)3-5/h2-4H,12H2,1H3. The van der Waals surface area contributed by atoms with Gasteiger partial charge in [-0.25, -0.2) is 4.79 Å². The molecule has 2 rings (SSSR count). The van der Waals surface area contributed by atoms with Gasteiger partial charge in [0.25, 0.3) is 0 Å². The number of ether oxygens (including phenoxy) is 1. The van der Waals surface area contributed by atoms with E-state index in [9.17, 15) is 4.79 Å². The average molecular weight is 226 g/mol. The molecule has 0 radical (unpaired) electrons. The summed E-state index contributed by atoms with van der Waals surface area (Å²) in [5.74, 6) is -0.462. The summed E-state index contributed by atoms with van der Waals surface area (Å²) in [6.07, 6.45) is 0. The number of hydrogen-bond donors (Lipinski definition) is 1. The average Bonchev–Trinajstić information content (AvgIpc) is 2.58. The maximum absolute atomic E-state index is 11.3. The molecule has 15 heavy (non-hydrogen) atoms. The van der Waals surface area contributed by atoms with Gasteiger partial charge in [0.05, 0.1) is 12.7 Å². The third kappa shape index (κ3) is 1.64. The molecular weight excluding hydrogens is 218 g/mol. The van der Waals surface area contributed by atoms with Gasteiger partial charge >= 0.3 is 5.97 Å². The Morgan fingerprint density at radius 2 is 2.20 bits per heavy atom. The molecule has 0 fully saturated rings. The van der Waals surface area contributed by atoms with Gasteiger partial charge in [-0.3, -0.25) is 0 Å². The fourth-order valence-corrected chi connectivity index (χ4v) is 1.56. The molecule has 2 aromatic rings. The number of anilines is 1. The fraction of sp³-hybridized carbons (Fsp3) is 0.100. The molecule has 0 amide bonds. The van der Waals surface area contributed by atoms with Crippen LogP contribution >= 0.6 is 11.6 Å². The monoisotopic (exact) mass is 225 g/mol. The van der Waals surface area contributed by atoms with Crippen LogP contribution in [0.25, 0.3) is 11.0 Å². The Labute approximate surface area is 90.6 Å². The molecule has 0 aliphatic carbocycles. The second-order valence-corrected chi connectivity index (χ2v) is 3.39. The molecule has 0 atom stereocenters. The number of furan rings is 1. The third-order valence-electron chi connectivity index (χ3n) is 2.06. The summed E-state index contributed by atoms with van der Waals surface area (Å²) in [7, 11) is 1.30. The largest absolute Gasteiger partial charge is 0.465 e. The molecule has 0 aliphatic heterocycles. The number of carbonyl (C=O) groups excluding carboxylic acids is 1. The number of benzene rings is 1. The Kier molecular flexibility index (Phi) is 2.28. The molecule has 0 bridgehead atoms. The van der Waals surface area contributed by atoms with Crippen LogP contribution in [0.2, 0.25) is 5.22 Å². The summed E-state index contributed by atoms with van der Waals surface area (Å²) >= 11 is 5.68. The smallest absolute Gasteiger partial charge is 0.338 e. The highest BCUT2D eigenvalue weighted by atomic mass is 35.5. The summed E-state index contributed by atoms with van der Waals surface area (Å²) in [6.45, 7) is 0. The van der Waals surface area contributed by atoms with E-state index in [-0.39, 0.29) is 5.22 Å². The van der Waals surface area contributed by atoms with Crippen LogP contribution in [-0.4, -0.2) is 13.1 Å². The third-order valence-corrected chi connectivity index (χ3v) is 2.25. The van der Waals surface area contributed by atoms with Crippen LogP contribution in [0.15, 0.2) is 22.6 Å². The summed E-state index contributed by atoms with van der Waals surface area (Å²) < 4.78 is 9.74. The maximum Gasteiger partial charge on any atom is 0.338 e. The number of halogens is 1. The van der Waals surface area contributed by atoms with E-state index in [4.69, 9.17) is 21.8 Å². The number of rotatable bonds is 1. The maximum atomic E-state index is 11.3. The number of carbonyl (C=O) groups is 1. The van der Waals surface area contributed by atoms with Crippen molar-refractivity contribution in [3.05, 3.63) is 29.0 Å². The van der Waals surface area contributed by atoms with E-state index in [2.05, 4.69) is 4.74 Å². The lowest BCUT2D eigenvalue weighted by Gasteiger charge is -2.00. The van der Waals surface area contributed by atoms with Crippen molar-refractivity contribution in [2.75, 3.05) is 12.8 Å². The minimum atomic E-state index is -0.462. The summed E-state index contributed by atoms with van der Waals surface area (Å²) in [6, 6.07) is 4.68. The number of methoxy groups -OCH3 is 1. The first-order valence-electron chi connectivity index (χ1n) is 4.18. The summed E-state index contributed by atoms with van der Waals surface area (Å²) in [5, 5.41) is 0.923. The predicted molar refractivity (Wildman–Crippen MR) is 57.0 cm³/mol. The van der Waals surface area contributed by atoms with Crippen molar-refractivity contribution in [1.29, 1.82) is 0 Å². The predicted octanol–water partition coefficient (Wildman–Crippen LogP) is 2.46. The van der Waals surface area contributed by atoms with Gasteiger partial charge in [-0.2, -0.15) is 0 Å². The van der Waals surface area contributed by atoms with Crippen molar-refractivity contribution in [3.8, 4) is 0 Å². The highest BCUT2D eigenvalue weighted by Crippen LogP contribution is 2.29. The highest BCUT2D eigenvalue weighted by Gasteiger charge is 2.12. The van der Waals surface area contributed by atoms with E-state index in [0.29, 0.717) is 22.2 Å². The van der Waals surface area contributed by atoms with E-state index in [1.54, 1.807) is 12.1 Å². The van der Waals surface area contributed by atoms with Gasteiger partial charge in [-0.05, 0) is 23.7 Å². The highest BCUT2D eigenvalue weighted by molar-refractivity contribution is 6.30. The van der Waals surface area contributed by atoms with Gasteiger partial charge in [-0.1, -0.05) is 0 Å². The Bertz CT molecular complexity index is 533. The minimum Gasteiger partial charge on any atom is -0.465 e. The van der Waals surface area contributed by atoms with Crippen LogP contribution in [-0.2, 0) is 4.74 Å². The van der Waals surface area contributed by atoms with E-state index >= 15 is 0 Å². The SMILES string of the molecule is COC(=O)c1cc(N)c2cc(Cl)oc2c1. The minimum absolute atomic E-state index is 0.235. The molecule has 0 unspecified atom stereocenters.